The van der Waals surface area contributed by atoms with Gasteiger partial charge in [0.15, 0.2) is 0 Å². The largest absolute Gasteiger partial charge is 0.336 e. The van der Waals surface area contributed by atoms with E-state index in [0.29, 0.717) is 31.7 Å². The van der Waals surface area contributed by atoms with E-state index in [1.807, 2.05) is 61.5 Å². The van der Waals surface area contributed by atoms with Crippen LogP contribution in [0.2, 0.25) is 0 Å². The van der Waals surface area contributed by atoms with Crippen molar-refractivity contribution in [3.8, 4) is 0 Å². The average Bonchev–Trinajstić information content (AvgIpc) is 2.62. The van der Waals surface area contributed by atoms with Crippen LogP contribution < -0.4 is 0 Å². The molecular weight excluding hydrogens is 336 g/mol. The molecule has 1 aliphatic rings. The smallest absolute Gasteiger partial charge is 0.254 e. The van der Waals surface area contributed by atoms with E-state index in [9.17, 15) is 13.2 Å². The molecule has 0 aliphatic carbocycles. The molecule has 1 aliphatic heterocycles. The zero-order chi connectivity index (χ0) is 17.9. The number of hydrogen-bond acceptors (Lipinski definition) is 3. The Kier molecular flexibility index (Phi) is 5.20. The standard InChI is InChI=1S/C19H22N2O3S/c1-16-7-5-6-10-18(16)19(22)20-11-13-21(14-12-20)25(23,24)15-17-8-3-2-4-9-17/h2-10H,11-15H2,1H3. The number of nitrogens with zero attached hydrogens (tertiary/aromatic N) is 2. The summed E-state index contributed by atoms with van der Waals surface area (Å²) in [5.74, 6) is -0.0299. The molecule has 0 spiro atoms. The Bertz CT molecular complexity index is 842. The number of hydrogen-bond donors (Lipinski definition) is 0. The first-order valence-electron chi connectivity index (χ1n) is 8.34. The highest BCUT2D eigenvalue weighted by molar-refractivity contribution is 7.88. The second-order valence-corrected chi connectivity index (χ2v) is 8.22. The lowest BCUT2D eigenvalue weighted by atomic mass is 10.1. The van der Waals surface area contributed by atoms with Gasteiger partial charge in [-0.15, -0.1) is 0 Å². The molecule has 0 aromatic heterocycles. The van der Waals surface area contributed by atoms with Crippen LogP contribution in [-0.4, -0.2) is 49.7 Å². The Morgan fingerprint density at radius 3 is 2.16 bits per heavy atom. The van der Waals surface area contributed by atoms with Gasteiger partial charge in [-0.05, 0) is 24.1 Å². The monoisotopic (exact) mass is 358 g/mol. The molecule has 0 atom stereocenters. The number of sulfonamides is 1. The number of aryl methyl sites for hydroxylation is 1. The van der Waals surface area contributed by atoms with Crippen LogP contribution >= 0.6 is 0 Å². The third-order valence-corrected chi connectivity index (χ3v) is 6.34. The van der Waals surface area contributed by atoms with E-state index in [0.717, 1.165) is 11.1 Å². The van der Waals surface area contributed by atoms with Crippen LogP contribution in [0.25, 0.3) is 0 Å². The first kappa shape index (κ1) is 17.6. The van der Waals surface area contributed by atoms with Crippen LogP contribution in [0, 0.1) is 6.92 Å². The fourth-order valence-electron chi connectivity index (χ4n) is 3.03. The summed E-state index contributed by atoms with van der Waals surface area (Å²) in [5, 5.41) is 0. The number of rotatable bonds is 4. The summed E-state index contributed by atoms with van der Waals surface area (Å²) in [6.45, 7) is 3.43. The number of benzene rings is 2. The summed E-state index contributed by atoms with van der Waals surface area (Å²) in [5.41, 5.74) is 2.40. The highest BCUT2D eigenvalue weighted by Gasteiger charge is 2.29. The van der Waals surface area contributed by atoms with Crippen molar-refractivity contribution >= 4 is 15.9 Å². The van der Waals surface area contributed by atoms with E-state index in [1.54, 1.807) is 4.90 Å². The average molecular weight is 358 g/mol. The molecule has 5 nitrogen and oxygen atoms in total. The van der Waals surface area contributed by atoms with Crippen molar-refractivity contribution in [2.45, 2.75) is 12.7 Å². The summed E-state index contributed by atoms with van der Waals surface area (Å²) in [7, 11) is -3.36. The van der Waals surface area contributed by atoms with E-state index in [1.165, 1.54) is 4.31 Å². The van der Waals surface area contributed by atoms with Gasteiger partial charge in [0.25, 0.3) is 5.91 Å². The molecule has 6 heteroatoms. The van der Waals surface area contributed by atoms with E-state index in [4.69, 9.17) is 0 Å². The lowest BCUT2D eigenvalue weighted by molar-refractivity contribution is 0.0697. The van der Waals surface area contributed by atoms with Crippen molar-refractivity contribution < 1.29 is 13.2 Å². The number of piperazine rings is 1. The molecule has 0 bridgehead atoms. The number of amides is 1. The molecule has 2 aromatic rings. The third-order valence-electron chi connectivity index (χ3n) is 4.49. The minimum absolute atomic E-state index is 0.000417. The van der Waals surface area contributed by atoms with Gasteiger partial charge >= 0.3 is 0 Å². The summed E-state index contributed by atoms with van der Waals surface area (Å²) >= 11 is 0. The zero-order valence-electron chi connectivity index (χ0n) is 14.3. The van der Waals surface area contributed by atoms with Crippen LogP contribution in [0.1, 0.15) is 21.5 Å². The predicted molar refractivity (Wildman–Crippen MR) is 97.7 cm³/mol. The van der Waals surface area contributed by atoms with Gasteiger partial charge in [-0.3, -0.25) is 4.79 Å². The molecule has 2 aromatic carbocycles. The fraction of sp³-hybridized carbons (Fsp3) is 0.316. The van der Waals surface area contributed by atoms with Crippen LogP contribution in [0.15, 0.2) is 54.6 Å². The predicted octanol–water partition coefficient (Wildman–Crippen LogP) is 2.28. The van der Waals surface area contributed by atoms with Gasteiger partial charge in [-0.2, -0.15) is 4.31 Å². The zero-order valence-corrected chi connectivity index (χ0v) is 15.1. The van der Waals surface area contributed by atoms with Gasteiger partial charge < -0.3 is 4.90 Å². The SMILES string of the molecule is Cc1ccccc1C(=O)N1CCN(S(=O)(=O)Cc2ccccc2)CC1. The highest BCUT2D eigenvalue weighted by Crippen LogP contribution is 2.16. The summed E-state index contributed by atoms with van der Waals surface area (Å²) in [4.78, 5) is 14.4. The van der Waals surface area contributed by atoms with Crippen LogP contribution in [0.3, 0.4) is 0 Å². The van der Waals surface area contributed by atoms with Gasteiger partial charge in [-0.25, -0.2) is 8.42 Å². The number of carbonyl (C=O) groups is 1. The van der Waals surface area contributed by atoms with Crippen molar-refractivity contribution in [3.63, 3.8) is 0 Å². The molecule has 1 saturated heterocycles. The molecule has 132 valence electrons. The molecule has 1 fully saturated rings. The van der Waals surface area contributed by atoms with Crippen molar-refractivity contribution in [1.82, 2.24) is 9.21 Å². The van der Waals surface area contributed by atoms with Crippen molar-refractivity contribution in [1.29, 1.82) is 0 Å². The summed E-state index contributed by atoms with van der Waals surface area (Å²) in [6.07, 6.45) is 0. The van der Waals surface area contributed by atoms with Gasteiger partial charge in [0.2, 0.25) is 10.0 Å². The van der Waals surface area contributed by atoms with Crippen molar-refractivity contribution in [2.24, 2.45) is 0 Å². The Labute approximate surface area is 148 Å². The van der Waals surface area contributed by atoms with Gasteiger partial charge in [0.05, 0.1) is 5.75 Å². The van der Waals surface area contributed by atoms with E-state index in [-0.39, 0.29) is 11.7 Å². The number of carbonyl (C=O) groups excluding carboxylic acids is 1. The van der Waals surface area contributed by atoms with Crippen LogP contribution in [0.5, 0.6) is 0 Å². The minimum atomic E-state index is -3.36. The molecule has 0 radical (unpaired) electrons. The quantitative estimate of drug-likeness (QED) is 0.843. The first-order valence-corrected chi connectivity index (χ1v) is 9.95. The lowest BCUT2D eigenvalue weighted by Gasteiger charge is -2.34. The topological polar surface area (TPSA) is 57.7 Å². The van der Waals surface area contributed by atoms with Crippen molar-refractivity contribution in [2.75, 3.05) is 26.2 Å². The van der Waals surface area contributed by atoms with E-state index >= 15 is 0 Å². The van der Waals surface area contributed by atoms with E-state index < -0.39 is 10.0 Å². The second-order valence-electron chi connectivity index (χ2n) is 6.25. The lowest BCUT2D eigenvalue weighted by Crippen LogP contribution is -2.50. The molecule has 1 heterocycles. The van der Waals surface area contributed by atoms with Gasteiger partial charge in [0, 0.05) is 31.7 Å². The minimum Gasteiger partial charge on any atom is -0.336 e. The molecule has 25 heavy (non-hydrogen) atoms. The molecule has 0 N–H and O–H groups in total. The highest BCUT2D eigenvalue weighted by atomic mass is 32.2. The summed E-state index contributed by atoms with van der Waals surface area (Å²) in [6, 6.07) is 16.6. The maximum atomic E-state index is 12.6. The molecule has 3 rings (SSSR count). The third kappa shape index (κ3) is 4.08. The molecule has 0 saturated carbocycles. The maximum absolute atomic E-state index is 12.6. The molecule has 1 amide bonds. The Balaban J connectivity index is 1.63. The molecule has 0 unspecified atom stereocenters. The van der Waals surface area contributed by atoms with E-state index in [2.05, 4.69) is 0 Å². The first-order chi connectivity index (χ1) is 12.0. The second kappa shape index (κ2) is 7.37. The van der Waals surface area contributed by atoms with Crippen molar-refractivity contribution in [3.05, 3.63) is 71.3 Å². The maximum Gasteiger partial charge on any atom is 0.254 e. The normalized spacial score (nSPS) is 16.0. The molecular formula is C19H22N2O3S. The van der Waals surface area contributed by atoms with Gasteiger partial charge in [0.1, 0.15) is 0 Å². The Morgan fingerprint density at radius 2 is 1.52 bits per heavy atom. The summed E-state index contributed by atoms with van der Waals surface area (Å²) < 4.78 is 26.6. The van der Waals surface area contributed by atoms with Gasteiger partial charge in [-0.1, -0.05) is 48.5 Å². The van der Waals surface area contributed by atoms with Crippen LogP contribution in [0.4, 0.5) is 0 Å². The Morgan fingerprint density at radius 1 is 0.920 bits per heavy atom. The fourth-order valence-corrected chi connectivity index (χ4v) is 4.54. The van der Waals surface area contributed by atoms with Crippen LogP contribution in [-0.2, 0) is 15.8 Å². The Hall–Kier alpha value is -2.18.